The average Bonchev–Trinajstić information content (AvgIpc) is 2.91. The molecule has 0 fully saturated rings. The zero-order chi connectivity index (χ0) is 28.0. The summed E-state index contributed by atoms with van der Waals surface area (Å²) in [7, 11) is -6.94. The van der Waals surface area contributed by atoms with Crippen molar-refractivity contribution >= 4 is 37.6 Å². The normalized spacial score (nSPS) is 11.3. The first-order valence-electron chi connectivity index (χ1n) is 11.4. The summed E-state index contributed by atoms with van der Waals surface area (Å²) in [6.45, 7) is 1.83. The fourth-order valence-corrected chi connectivity index (χ4v) is 5.24. The minimum atomic E-state index is -4.23. The number of para-hydroxylation sites is 4. The molecule has 0 aliphatic rings. The number of carbonyl (C=O) groups is 1. The van der Waals surface area contributed by atoms with Crippen molar-refractivity contribution in [2.45, 2.75) is 16.7 Å². The highest BCUT2D eigenvalue weighted by atomic mass is 32.2. The van der Waals surface area contributed by atoms with Crippen molar-refractivity contribution in [1.29, 1.82) is 0 Å². The zero-order valence-electron chi connectivity index (χ0n) is 20.8. The summed E-state index contributed by atoms with van der Waals surface area (Å²) in [5, 5.41) is 5.03. The first kappa shape index (κ1) is 27.5. The van der Waals surface area contributed by atoms with E-state index in [2.05, 4.69) is 10.6 Å². The van der Waals surface area contributed by atoms with E-state index in [0.29, 0.717) is 5.75 Å². The van der Waals surface area contributed by atoms with Crippen molar-refractivity contribution < 1.29 is 34.7 Å². The second kappa shape index (κ2) is 11.5. The number of benzene rings is 4. The zero-order valence-corrected chi connectivity index (χ0v) is 22.5. The maximum atomic E-state index is 12.8. The van der Waals surface area contributed by atoms with Crippen LogP contribution < -0.4 is 23.7 Å². The van der Waals surface area contributed by atoms with Gasteiger partial charge in [-0.25, -0.2) is 4.79 Å². The molecule has 4 rings (SSSR count). The van der Waals surface area contributed by atoms with Crippen molar-refractivity contribution in [3.05, 3.63) is 103 Å². The molecule has 0 saturated heterocycles. The Morgan fingerprint density at radius 1 is 0.615 bits per heavy atom. The quantitative estimate of drug-likeness (QED) is 0.264. The number of amides is 2. The Morgan fingerprint density at radius 3 is 1.46 bits per heavy atom. The Hall–Kier alpha value is -4.55. The van der Waals surface area contributed by atoms with Gasteiger partial charge in [0.25, 0.3) is 0 Å². The van der Waals surface area contributed by atoms with Crippen molar-refractivity contribution in [3.8, 4) is 17.2 Å². The summed E-state index contributed by atoms with van der Waals surface area (Å²) in [6, 6.07) is 22.9. The molecule has 4 aromatic rings. The molecule has 2 N–H and O–H groups in total. The number of aryl methyl sites for hydroxylation is 1. The summed E-state index contributed by atoms with van der Waals surface area (Å²) < 4.78 is 66.6. The number of anilines is 2. The lowest BCUT2D eigenvalue weighted by molar-refractivity contribution is 0.262. The summed E-state index contributed by atoms with van der Waals surface area (Å²) in [4.78, 5) is 12.7. The molecule has 0 radical (unpaired) electrons. The highest BCUT2D eigenvalue weighted by molar-refractivity contribution is 7.87. The van der Waals surface area contributed by atoms with E-state index in [1.807, 2.05) is 6.92 Å². The molecule has 0 saturated carbocycles. The maximum Gasteiger partial charge on any atom is 0.339 e. The molecule has 2 amide bonds. The van der Waals surface area contributed by atoms with Gasteiger partial charge in [-0.3, -0.25) is 0 Å². The van der Waals surface area contributed by atoms with Gasteiger partial charge in [-0.05, 0) is 67.6 Å². The predicted octanol–water partition coefficient (Wildman–Crippen LogP) is 5.18. The number of ether oxygens (including phenoxy) is 1. The first-order valence-corrected chi connectivity index (χ1v) is 14.2. The first-order chi connectivity index (χ1) is 18.6. The summed E-state index contributed by atoms with van der Waals surface area (Å²) in [6.07, 6.45) is 0. The van der Waals surface area contributed by atoms with Crippen molar-refractivity contribution in [3.63, 3.8) is 0 Å². The van der Waals surface area contributed by atoms with E-state index >= 15 is 0 Å². The highest BCUT2D eigenvalue weighted by Gasteiger charge is 2.21. The lowest BCUT2D eigenvalue weighted by atomic mass is 10.2. The molecule has 0 aromatic heterocycles. The van der Waals surface area contributed by atoms with Crippen LogP contribution in [0.25, 0.3) is 0 Å². The number of nitrogens with one attached hydrogen (secondary N) is 2. The monoisotopic (exact) mass is 568 g/mol. The van der Waals surface area contributed by atoms with Gasteiger partial charge < -0.3 is 23.7 Å². The molecule has 0 aliphatic heterocycles. The minimum Gasteiger partial charge on any atom is -0.497 e. The van der Waals surface area contributed by atoms with Crippen LogP contribution in [-0.2, 0) is 20.2 Å². The van der Waals surface area contributed by atoms with Gasteiger partial charge in [0.15, 0.2) is 11.5 Å². The van der Waals surface area contributed by atoms with Crippen LogP contribution in [0.2, 0.25) is 0 Å². The van der Waals surface area contributed by atoms with Gasteiger partial charge in [-0.1, -0.05) is 42.0 Å². The van der Waals surface area contributed by atoms with Gasteiger partial charge in [-0.2, -0.15) is 16.8 Å². The third-order valence-corrected chi connectivity index (χ3v) is 7.82. The molecular formula is C27H24N2O8S2. The fraction of sp³-hybridized carbons (Fsp3) is 0.0741. The minimum absolute atomic E-state index is 0.0449. The third kappa shape index (κ3) is 6.86. The third-order valence-electron chi connectivity index (χ3n) is 5.33. The molecule has 0 heterocycles. The van der Waals surface area contributed by atoms with Crippen LogP contribution >= 0.6 is 0 Å². The summed E-state index contributed by atoms with van der Waals surface area (Å²) in [5.74, 6) is 0.235. The molecular weight excluding hydrogens is 544 g/mol. The molecule has 39 heavy (non-hydrogen) atoms. The Kier molecular flexibility index (Phi) is 8.07. The molecule has 202 valence electrons. The maximum absolute atomic E-state index is 12.8. The molecule has 0 atom stereocenters. The van der Waals surface area contributed by atoms with Crippen molar-refractivity contribution in [2.75, 3.05) is 17.7 Å². The lowest BCUT2D eigenvalue weighted by Gasteiger charge is -2.15. The second-order valence-corrected chi connectivity index (χ2v) is 11.2. The Morgan fingerprint density at radius 2 is 1.03 bits per heavy atom. The van der Waals surface area contributed by atoms with Crippen molar-refractivity contribution in [1.82, 2.24) is 0 Å². The van der Waals surface area contributed by atoms with Crippen LogP contribution in [0.15, 0.2) is 107 Å². The van der Waals surface area contributed by atoms with E-state index in [0.717, 1.165) is 5.56 Å². The topological polar surface area (TPSA) is 137 Å². The van der Waals surface area contributed by atoms with Gasteiger partial charge in [0.2, 0.25) is 0 Å². The van der Waals surface area contributed by atoms with Crippen LogP contribution in [0.4, 0.5) is 16.2 Å². The van der Waals surface area contributed by atoms with Gasteiger partial charge >= 0.3 is 26.3 Å². The SMILES string of the molecule is COc1ccc(S(=O)(=O)Oc2ccccc2NC(=O)Nc2ccccc2OS(=O)(=O)c2ccc(C)cc2)cc1. The van der Waals surface area contributed by atoms with Crippen LogP contribution in [0.5, 0.6) is 17.2 Å². The summed E-state index contributed by atoms with van der Waals surface area (Å²) >= 11 is 0. The van der Waals surface area contributed by atoms with E-state index in [1.165, 1.54) is 67.8 Å². The molecule has 4 aromatic carbocycles. The Bertz CT molecular complexity index is 1690. The number of hydrogen-bond donors (Lipinski definition) is 2. The van der Waals surface area contributed by atoms with E-state index in [4.69, 9.17) is 13.1 Å². The van der Waals surface area contributed by atoms with E-state index in [9.17, 15) is 21.6 Å². The van der Waals surface area contributed by atoms with Crippen LogP contribution in [0, 0.1) is 6.92 Å². The Balaban J connectivity index is 1.50. The average molecular weight is 569 g/mol. The molecule has 0 bridgehead atoms. The highest BCUT2D eigenvalue weighted by Crippen LogP contribution is 2.30. The molecule has 10 nitrogen and oxygen atoms in total. The van der Waals surface area contributed by atoms with Gasteiger partial charge in [0, 0.05) is 0 Å². The molecule has 0 spiro atoms. The molecule has 0 aliphatic carbocycles. The molecule has 0 unspecified atom stereocenters. The van der Waals surface area contributed by atoms with Crippen LogP contribution in [0.3, 0.4) is 0 Å². The summed E-state index contributed by atoms with van der Waals surface area (Å²) in [5.41, 5.74) is 1.00. The number of carbonyl (C=O) groups excluding carboxylic acids is 1. The molecule has 12 heteroatoms. The number of hydrogen-bond acceptors (Lipinski definition) is 8. The largest absolute Gasteiger partial charge is 0.497 e. The van der Waals surface area contributed by atoms with Crippen molar-refractivity contribution in [2.24, 2.45) is 0 Å². The van der Waals surface area contributed by atoms with Crippen LogP contribution in [0.1, 0.15) is 5.56 Å². The van der Waals surface area contributed by atoms with E-state index in [1.54, 1.807) is 36.4 Å². The predicted molar refractivity (Wildman–Crippen MR) is 145 cm³/mol. The number of urea groups is 1. The number of methoxy groups -OCH3 is 1. The number of rotatable bonds is 9. The smallest absolute Gasteiger partial charge is 0.339 e. The van der Waals surface area contributed by atoms with E-state index < -0.39 is 26.3 Å². The van der Waals surface area contributed by atoms with Gasteiger partial charge in [0.05, 0.1) is 18.5 Å². The van der Waals surface area contributed by atoms with E-state index in [-0.39, 0.29) is 32.7 Å². The standard InChI is InChI=1S/C27H24N2O8S2/c1-19-11-15-21(16-12-19)38(31,32)36-25-9-5-3-7-23(25)28-27(30)29-24-8-4-6-10-26(24)37-39(33,34)22-17-13-20(35-2)14-18-22/h3-18H,1-2H3,(H2,28,29,30). The fourth-order valence-electron chi connectivity index (χ4n) is 3.34. The van der Waals surface area contributed by atoms with Gasteiger partial charge in [-0.15, -0.1) is 0 Å². The Labute approximate surface area is 226 Å². The second-order valence-electron chi connectivity index (χ2n) is 8.13. The van der Waals surface area contributed by atoms with Gasteiger partial charge in [0.1, 0.15) is 15.5 Å². The lowest BCUT2D eigenvalue weighted by Crippen LogP contribution is -2.21. The van der Waals surface area contributed by atoms with Crippen LogP contribution in [-0.4, -0.2) is 30.0 Å².